The van der Waals surface area contributed by atoms with Crippen molar-refractivity contribution in [2.75, 3.05) is 18.8 Å². The highest BCUT2D eigenvalue weighted by Gasteiger charge is 1.84. The van der Waals surface area contributed by atoms with Crippen LogP contribution in [-0.4, -0.2) is 13.1 Å². The fraction of sp³-hybridized carbons (Fsp3) is 0.333. The Bertz CT molecular complexity index is 188. The second-order valence-corrected chi connectivity index (χ2v) is 2.43. The van der Waals surface area contributed by atoms with Crippen LogP contribution in [0.4, 0.5) is 5.69 Å². The molecular weight excluding hydrogens is 150 g/mol. The summed E-state index contributed by atoms with van der Waals surface area (Å²) in [4.78, 5) is 0. The van der Waals surface area contributed by atoms with E-state index >= 15 is 0 Å². The maximum absolute atomic E-state index is 5.52. The molecule has 6 N–H and O–H groups in total. The average molecular weight is 167 g/mol. The number of hydrogen-bond donors (Lipinski definition) is 3. The van der Waals surface area contributed by atoms with Crippen molar-refractivity contribution in [1.29, 1.82) is 0 Å². The summed E-state index contributed by atoms with van der Waals surface area (Å²) >= 11 is 0. The van der Waals surface area contributed by atoms with Crippen molar-refractivity contribution < 1.29 is 0 Å². The zero-order chi connectivity index (χ0) is 9.40. The molecule has 0 radical (unpaired) electrons. The van der Waals surface area contributed by atoms with Crippen LogP contribution >= 0.6 is 0 Å². The van der Waals surface area contributed by atoms with Crippen LogP contribution in [0.3, 0.4) is 0 Å². The van der Waals surface area contributed by atoms with Crippen LogP contribution in [0.1, 0.15) is 5.56 Å². The Morgan fingerprint density at radius 2 is 1.58 bits per heavy atom. The first-order valence-electron chi connectivity index (χ1n) is 3.93. The molecule has 3 nitrogen and oxygen atoms in total. The molecule has 0 spiro atoms. The molecular formula is C9H17N3. The second-order valence-electron chi connectivity index (χ2n) is 2.43. The smallest absolute Gasteiger partial charge is 0.0343 e. The van der Waals surface area contributed by atoms with Gasteiger partial charge in [0.2, 0.25) is 0 Å². The summed E-state index contributed by atoms with van der Waals surface area (Å²) < 4.78 is 0. The van der Waals surface area contributed by atoms with E-state index in [-0.39, 0.29) is 0 Å². The van der Waals surface area contributed by atoms with Crippen molar-refractivity contribution in [2.45, 2.75) is 6.92 Å². The first-order valence-corrected chi connectivity index (χ1v) is 3.93. The molecule has 1 rings (SSSR count). The van der Waals surface area contributed by atoms with Gasteiger partial charge in [0.1, 0.15) is 0 Å². The van der Waals surface area contributed by atoms with Crippen LogP contribution in [0.5, 0.6) is 0 Å². The third-order valence-corrected chi connectivity index (χ3v) is 1.36. The highest BCUT2D eigenvalue weighted by atomic mass is 14.6. The van der Waals surface area contributed by atoms with Gasteiger partial charge in [0, 0.05) is 18.8 Å². The summed E-state index contributed by atoms with van der Waals surface area (Å²) in [5, 5.41) is 0. The first-order chi connectivity index (χ1) is 5.72. The average Bonchev–Trinajstić information content (AvgIpc) is 2.11. The Morgan fingerprint density at radius 3 is 1.83 bits per heavy atom. The summed E-state index contributed by atoms with van der Waals surface area (Å²) in [7, 11) is 0. The van der Waals surface area contributed by atoms with Crippen molar-refractivity contribution in [3.63, 3.8) is 0 Å². The van der Waals surface area contributed by atoms with Crippen molar-refractivity contribution in [2.24, 2.45) is 11.5 Å². The number of nitrogen functional groups attached to an aromatic ring is 1. The predicted octanol–water partition coefficient (Wildman–Crippen LogP) is 0.481. The molecule has 0 saturated heterocycles. The number of benzene rings is 1. The normalized spacial score (nSPS) is 8.58. The molecule has 0 amide bonds. The Morgan fingerprint density at radius 1 is 1.08 bits per heavy atom. The molecule has 0 bridgehead atoms. The number of rotatable bonds is 1. The van der Waals surface area contributed by atoms with Gasteiger partial charge in [-0.1, -0.05) is 18.2 Å². The summed E-state index contributed by atoms with van der Waals surface area (Å²) in [6.07, 6.45) is 0. The first kappa shape index (κ1) is 10.9. The minimum absolute atomic E-state index is 0.597. The zero-order valence-corrected chi connectivity index (χ0v) is 7.46. The summed E-state index contributed by atoms with van der Waals surface area (Å²) in [6.45, 7) is 3.19. The van der Waals surface area contributed by atoms with Gasteiger partial charge in [0.05, 0.1) is 0 Å². The number of nitrogens with two attached hydrogens (primary N) is 3. The lowest BCUT2D eigenvalue weighted by Gasteiger charge is -1.93. The van der Waals surface area contributed by atoms with Crippen LogP contribution in [-0.2, 0) is 0 Å². The molecule has 0 aliphatic rings. The van der Waals surface area contributed by atoms with E-state index in [4.69, 9.17) is 17.2 Å². The van der Waals surface area contributed by atoms with E-state index in [9.17, 15) is 0 Å². The quantitative estimate of drug-likeness (QED) is 0.532. The molecule has 0 fully saturated rings. The van der Waals surface area contributed by atoms with Gasteiger partial charge >= 0.3 is 0 Å². The molecule has 0 atom stereocenters. The van der Waals surface area contributed by atoms with Crippen LogP contribution < -0.4 is 17.2 Å². The van der Waals surface area contributed by atoms with E-state index < -0.39 is 0 Å². The van der Waals surface area contributed by atoms with Crippen LogP contribution in [0, 0.1) is 6.92 Å². The van der Waals surface area contributed by atoms with Crippen LogP contribution in [0.25, 0.3) is 0 Å². The van der Waals surface area contributed by atoms with Crippen LogP contribution in [0.2, 0.25) is 0 Å². The van der Waals surface area contributed by atoms with E-state index in [1.807, 2.05) is 31.2 Å². The molecule has 0 unspecified atom stereocenters. The molecule has 1 aromatic carbocycles. The highest BCUT2D eigenvalue weighted by molar-refractivity contribution is 5.44. The maximum atomic E-state index is 5.52. The molecule has 1 aromatic rings. The third kappa shape index (κ3) is 4.71. The second kappa shape index (κ2) is 6.64. The Labute approximate surface area is 73.6 Å². The van der Waals surface area contributed by atoms with Crippen molar-refractivity contribution in [1.82, 2.24) is 0 Å². The molecule has 12 heavy (non-hydrogen) atoms. The largest absolute Gasteiger partial charge is 0.399 e. The number of para-hydroxylation sites is 1. The van der Waals surface area contributed by atoms with Gasteiger partial charge in [-0.15, -0.1) is 0 Å². The van der Waals surface area contributed by atoms with Gasteiger partial charge in [0.15, 0.2) is 0 Å². The number of anilines is 1. The number of aryl methyl sites for hydroxylation is 1. The standard InChI is InChI=1S/C7H9N.C2H8N2/c1-6-4-2-3-5-7(6)8;3-1-2-4/h2-5H,8H2,1H3;1-4H2. The van der Waals surface area contributed by atoms with E-state index in [0.717, 1.165) is 11.3 Å². The lowest BCUT2D eigenvalue weighted by Crippen LogP contribution is -2.11. The minimum atomic E-state index is 0.597. The van der Waals surface area contributed by atoms with Gasteiger partial charge in [0.25, 0.3) is 0 Å². The van der Waals surface area contributed by atoms with Crippen molar-refractivity contribution in [3.8, 4) is 0 Å². The Kier molecular flexibility index (Phi) is 6.05. The molecule has 0 heterocycles. The van der Waals surface area contributed by atoms with E-state index in [0.29, 0.717) is 13.1 Å². The monoisotopic (exact) mass is 167 g/mol. The lowest BCUT2D eigenvalue weighted by molar-refractivity contribution is 0.976. The Balaban J connectivity index is 0.000000261. The highest BCUT2D eigenvalue weighted by Crippen LogP contribution is 2.06. The van der Waals surface area contributed by atoms with E-state index in [1.54, 1.807) is 0 Å². The van der Waals surface area contributed by atoms with E-state index in [1.165, 1.54) is 0 Å². The third-order valence-electron chi connectivity index (χ3n) is 1.36. The van der Waals surface area contributed by atoms with E-state index in [2.05, 4.69) is 0 Å². The minimum Gasteiger partial charge on any atom is -0.399 e. The zero-order valence-electron chi connectivity index (χ0n) is 7.46. The topological polar surface area (TPSA) is 78.1 Å². The van der Waals surface area contributed by atoms with Gasteiger partial charge in [-0.3, -0.25) is 0 Å². The van der Waals surface area contributed by atoms with Crippen LogP contribution in [0.15, 0.2) is 24.3 Å². The van der Waals surface area contributed by atoms with Gasteiger partial charge in [-0.2, -0.15) is 0 Å². The lowest BCUT2D eigenvalue weighted by atomic mass is 10.2. The summed E-state index contributed by atoms with van der Waals surface area (Å²) in [5.41, 5.74) is 17.3. The fourth-order valence-electron chi connectivity index (χ4n) is 0.587. The van der Waals surface area contributed by atoms with Gasteiger partial charge < -0.3 is 17.2 Å². The molecule has 0 aliphatic heterocycles. The summed E-state index contributed by atoms with van der Waals surface area (Å²) in [5.74, 6) is 0. The van der Waals surface area contributed by atoms with Gasteiger partial charge in [-0.25, -0.2) is 0 Å². The maximum Gasteiger partial charge on any atom is 0.0343 e. The molecule has 0 aromatic heterocycles. The molecule has 0 saturated carbocycles. The van der Waals surface area contributed by atoms with Crippen molar-refractivity contribution >= 4 is 5.69 Å². The van der Waals surface area contributed by atoms with Crippen molar-refractivity contribution in [3.05, 3.63) is 29.8 Å². The SMILES string of the molecule is Cc1ccccc1N.NCCN. The van der Waals surface area contributed by atoms with Gasteiger partial charge in [-0.05, 0) is 18.6 Å². The predicted molar refractivity (Wildman–Crippen MR) is 53.7 cm³/mol. The molecule has 0 aliphatic carbocycles. The number of hydrogen-bond acceptors (Lipinski definition) is 3. The molecule has 3 heteroatoms. The summed E-state index contributed by atoms with van der Waals surface area (Å²) in [6, 6.07) is 7.80. The Hall–Kier alpha value is -1.06. The molecule has 68 valence electrons. The fourth-order valence-corrected chi connectivity index (χ4v) is 0.587.